The lowest BCUT2D eigenvalue weighted by Crippen LogP contribution is -2.17. The summed E-state index contributed by atoms with van der Waals surface area (Å²) >= 11 is 0. The van der Waals surface area contributed by atoms with E-state index in [0.717, 1.165) is 17.7 Å². The highest BCUT2D eigenvalue weighted by molar-refractivity contribution is 5.57. The highest BCUT2D eigenvalue weighted by atomic mass is 19.4. The second kappa shape index (κ2) is 5.32. The van der Waals surface area contributed by atoms with E-state index in [1.165, 1.54) is 6.07 Å². The van der Waals surface area contributed by atoms with E-state index < -0.39 is 6.36 Å². The van der Waals surface area contributed by atoms with Gasteiger partial charge in [0.25, 0.3) is 0 Å². The van der Waals surface area contributed by atoms with Crippen LogP contribution in [0.2, 0.25) is 0 Å². The van der Waals surface area contributed by atoms with E-state index in [-0.39, 0.29) is 17.2 Å². The number of benzene rings is 2. The number of halogens is 3. The molecule has 0 fully saturated rings. The van der Waals surface area contributed by atoms with Gasteiger partial charge in [-0.2, -0.15) is 0 Å². The molecule has 6 heteroatoms. The molecule has 106 valence electrons. The van der Waals surface area contributed by atoms with Crippen LogP contribution in [-0.2, 0) is 0 Å². The molecular formula is C14H12F3NO2. The summed E-state index contributed by atoms with van der Waals surface area (Å²) in [6.07, 6.45) is -4.74. The van der Waals surface area contributed by atoms with E-state index in [2.05, 4.69) is 4.74 Å². The van der Waals surface area contributed by atoms with E-state index in [1.807, 2.05) is 19.1 Å². The summed E-state index contributed by atoms with van der Waals surface area (Å²) < 4.78 is 45.5. The Hall–Kier alpha value is -2.37. The van der Waals surface area contributed by atoms with Gasteiger partial charge in [-0.25, -0.2) is 0 Å². The van der Waals surface area contributed by atoms with Crippen LogP contribution in [0, 0.1) is 6.92 Å². The van der Waals surface area contributed by atoms with Crippen molar-refractivity contribution in [1.82, 2.24) is 0 Å². The molecule has 0 aromatic heterocycles. The molecule has 0 bridgehead atoms. The molecule has 0 saturated carbocycles. The van der Waals surface area contributed by atoms with Crippen molar-refractivity contribution < 1.29 is 22.6 Å². The van der Waals surface area contributed by atoms with Gasteiger partial charge in [0.05, 0.1) is 5.69 Å². The molecule has 0 aliphatic heterocycles. The summed E-state index contributed by atoms with van der Waals surface area (Å²) in [5.74, 6) is 0.443. The van der Waals surface area contributed by atoms with E-state index in [0.29, 0.717) is 5.75 Å². The zero-order chi connectivity index (χ0) is 14.8. The molecule has 0 heterocycles. The van der Waals surface area contributed by atoms with Crippen LogP contribution in [-0.4, -0.2) is 6.36 Å². The van der Waals surface area contributed by atoms with Crippen molar-refractivity contribution in [2.45, 2.75) is 13.3 Å². The predicted octanol–water partition coefficient (Wildman–Crippen LogP) is 4.27. The maximum atomic E-state index is 12.1. The summed E-state index contributed by atoms with van der Waals surface area (Å²) in [7, 11) is 0. The Morgan fingerprint density at radius 2 is 1.75 bits per heavy atom. The first-order chi connectivity index (χ1) is 9.33. The molecule has 2 N–H and O–H groups in total. The number of alkyl halides is 3. The monoisotopic (exact) mass is 283 g/mol. The molecule has 0 atom stereocenters. The van der Waals surface area contributed by atoms with Gasteiger partial charge in [-0.3, -0.25) is 0 Å². The van der Waals surface area contributed by atoms with Crippen LogP contribution in [0.3, 0.4) is 0 Å². The van der Waals surface area contributed by atoms with Crippen molar-refractivity contribution in [2.24, 2.45) is 0 Å². The molecule has 0 spiro atoms. The number of ether oxygens (including phenoxy) is 2. The van der Waals surface area contributed by atoms with Crippen molar-refractivity contribution in [3.05, 3.63) is 48.0 Å². The topological polar surface area (TPSA) is 44.5 Å². The fourth-order valence-corrected chi connectivity index (χ4v) is 1.62. The maximum Gasteiger partial charge on any atom is 0.573 e. The molecule has 0 unspecified atom stereocenters. The second-order valence-corrected chi connectivity index (χ2v) is 4.17. The first-order valence-corrected chi connectivity index (χ1v) is 5.73. The summed E-state index contributed by atoms with van der Waals surface area (Å²) in [6.45, 7) is 1.90. The molecule has 2 aromatic carbocycles. The number of nitrogens with two attached hydrogens (primary N) is 1. The number of rotatable bonds is 3. The number of hydrogen-bond acceptors (Lipinski definition) is 3. The normalized spacial score (nSPS) is 11.2. The molecule has 0 aliphatic carbocycles. The summed E-state index contributed by atoms with van der Waals surface area (Å²) in [6, 6.07) is 10.8. The largest absolute Gasteiger partial charge is 0.573 e. The van der Waals surface area contributed by atoms with Gasteiger partial charge < -0.3 is 15.2 Å². The average molecular weight is 283 g/mol. The Kier molecular flexibility index (Phi) is 3.74. The highest BCUT2D eigenvalue weighted by Gasteiger charge is 2.31. The van der Waals surface area contributed by atoms with Gasteiger partial charge in [0.15, 0.2) is 5.75 Å². The summed E-state index contributed by atoms with van der Waals surface area (Å²) in [4.78, 5) is 0. The van der Waals surface area contributed by atoms with Crippen LogP contribution in [0.4, 0.5) is 18.9 Å². The molecule has 20 heavy (non-hydrogen) atoms. The predicted molar refractivity (Wildman–Crippen MR) is 68.8 cm³/mol. The van der Waals surface area contributed by atoms with Crippen LogP contribution in [0.25, 0.3) is 0 Å². The van der Waals surface area contributed by atoms with E-state index in [4.69, 9.17) is 10.5 Å². The standard InChI is InChI=1S/C14H12F3NO2/c1-9-3-2-4-10(7-9)19-13-6-5-11(8-12(13)18)20-14(15,16)17/h2-8H,18H2,1H3. The smallest absolute Gasteiger partial charge is 0.455 e. The molecular weight excluding hydrogens is 271 g/mol. The van der Waals surface area contributed by atoms with Gasteiger partial charge >= 0.3 is 6.36 Å². The third-order valence-electron chi connectivity index (χ3n) is 2.43. The first kappa shape index (κ1) is 14.0. The molecule has 2 rings (SSSR count). The number of hydrogen-bond donors (Lipinski definition) is 1. The Labute approximate surface area is 113 Å². The summed E-state index contributed by atoms with van der Waals surface area (Å²) in [5, 5.41) is 0. The first-order valence-electron chi connectivity index (χ1n) is 5.73. The van der Waals surface area contributed by atoms with Crippen molar-refractivity contribution in [3.8, 4) is 17.2 Å². The fraction of sp³-hybridized carbons (Fsp3) is 0.143. The lowest BCUT2D eigenvalue weighted by Gasteiger charge is -2.12. The SMILES string of the molecule is Cc1cccc(Oc2ccc(OC(F)(F)F)cc2N)c1. The van der Waals surface area contributed by atoms with Crippen molar-refractivity contribution in [3.63, 3.8) is 0 Å². The fourth-order valence-electron chi connectivity index (χ4n) is 1.62. The molecule has 0 aliphatic rings. The van der Waals surface area contributed by atoms with Gasteiger partial charge in [0.2, 0.25) is 0 Å². The van der Waals surface area contributed by atoms with Gasteiger partial charge in [0, 0.05) is 6.07 Å². The van der Waals surface area contributed by atoms with Crippen LogP contribution < -0.4 is 15.2 Å². The van der Waals surface area contributed by atoms with Crippen molar-refractivity contribution in [1.29, 1.82) is 0 Å². The quantitative estimate of drug-likeness (QED) is 0.856. The maximum absolute atomic E-state index is 12.1. The molecule has 2 aromatic rings. The van der Waals surface area contributed by atoms with Crippen LogP contribution >= 0.6 is 0 Å². The zero-order valence-electron chi connectivity index (χ0n) is 10.6. The van der Waals surface area contributed by atoms with Gasteiger partial charge in [-0.1, -0.05) is 12.1 Å². The summed E-state index contributed by atoms with van der Waals surface area (Å²) in [5.41, 5.74) is 6.72. The number of aryl methyl sites for hydroxylation is 1. The Morgan fingerprint density at radius 1 is 1.00 bits per heavy atom. The van der Waals surface area contributed by atoms with Crippen LogP contribution in [0.15, 0.2) is 42.5 Å². The zero-order valence-corrected chi connectivity index (χ0v) is 10.6. The lowest BCUT2D eigenvalue weighted by molar-refractivity contribution is -0.274. The lowest BCUT2D eigenvalue weighted by atomic mass is 10.2. The minimum atomic E-state index is -4.74. The third-order valence-corrected chi connectivity index (χ3v) is 2.43. The third kappa shape index (κ3) is 3.81. The number of anilines is 1. The molecule has 0 radical (unpaired) electrons. The van der Waals surface area contributed by atoms with Gasteiger partial charge in [-0.15, -0.1) is 13.2 Å². The number of nitrogen functional groups attached to an aromatic ring is 1. The Balaban J connectivity index is 2.18. The second-order valence-electron chi connectivity index (χ2n) is 4.17. The average Bonchev–Trinajstić information content (AvgIpc) is 2.31. The highest BCUT2D eigenvalue weighted by Crippen LogP contribution is 2.32. The minimum Gasteiger partial charge on any atom is -0.455 e. The van der Waals surface area contributed by atoms with E-state index in [9.17, 15) is 13.2 Å². The Morgan fingerprint density at radius 3 is 2.35 bits per heavy atom. The molecule has 0 amide bonds. The Bertz CT molecular complexity index is 612. The molecule has 0 saturated heterocycles. The van der Waals surface area contributed by atoms with Crippen LogP contribution in [0.1, 0.15) is 5.56 Å². The minimum absolute atomic E-state index is 0.0632. The van der Waals surface area contributed by atoms with Crippen molar-refractivity contribution >= 4 is 5.69 Å². The molecule has 3 nitrogen and oxygen atoms in total. The van der Waals surface area contributed by atoms with Crippen molar-refractivity contribution in [2.75, 3.05) is 5.73 Å². The van der Waals surface area contributed by atoms with Gasteiger partial charge in [0.1, 0.15) is 11.5 Å². The van der Waals surface area contributed by atoms with Crippen LogP contribution in [0.5, 0.6) is 17.2 Å². The van der Waals surface area contributed by atoms with E-state index >= 15 is 0 Å². The van der Waals surface area contributed by atoms with E-state index in [1.54, 1.807) is 12.1 Å². The van der Waals surface area contributed by atoms with Gasteiger partial charge in [-0.05, 0) is 36.8 Å².